The van der Waals surface area contributed by atoms with Gasteiger partial charge in [-0.15, -0.1) is 0 Å². The predicted molar refractivity (Wildman–Crippen MR) is 139 cm³/mol. The first kappa shape index (κ1) is 21.1. The Hall–Kier alpha value is -3.18. The van der Waals surface area contributed by atoms with Gasteiger partial charge >= 0.3 is 0 Å². The largest absolute Gasteiger partial charge is 0.344 e. The minimum absolute atomic E-state index is 0.398. The number of H-pyrrole nitrogens is 2. The summed E-state index contributed by atoms with van der Waals surface area (Å²) in [6.45, 7) is 1.10. The maximum atomic E-state index is 5.00. The SMILES string of the molecule is c1cc(-c2cnc(C3CCCC3)[nH]2)ccc1-c1ccc2c(c1)Cc1[nH]c([C@@H]3CCCN3)nc1CC2. The fraction of sp³-hybridized carbons (Fsp3) is 0.400. The number of aromatic amines is 2. The van der Waals surface area contributed by atoms with Crippen LogP contribution >= 0.6 is 0 Å². The first-order chi connectivity index (χ1) is 17.3. The van der Waals surface area contributed by atoms with E-state index in [2.05, 4.69) is 62.7 Å². The molecule has 5 heteroatoms. The van der Waals surface area contributed by atoms with Crippen LogP contribution in [0.5, 0.6) is 0 Å². The van der Waals surface area contributed by atoms with Crippen molar-refractivity contribution >= 4 is 0 Å². The summed E-state index contributed by atoms with van der Waals surface area (Å²) >= 11 is 0. The molecule has 4 aromatic rings. The number of nitrogens with one attached hydrogen (secondary N) is 3. The second-order valence-corrected chi connectivity index (χ2v) is 10.6. The summed E-state index contributed by atoms with van der Waals surface area (Å²) in [5, 5.41) is 3.58. The van der Waals surface area contributed by atoms with Crippen molar-refractivity contribution in [3.63, 3.8) is 0 Å². The Balaban J connectivity index is 1.12. The quantitative estimate of drug-likeness (QED) is 0.336. The number of imidazole rings is 2. The highest BCUT2D eigenvalue weighted by Crippen LogP contribution is 2.34. The zero-order chi connectivity index (χ0) is 23.2. The summed E-state index contributed by atoms with van der Waals surface area (Å²) in [4.78, 5) is 17.0. The number of hydrogen-bond acceptors (Lipinski definition) is 3. The van der Waals surface area contributed by atoms with Gasteiger partial charge in [0, 0.05) is 18.0 Å². The van der Waals surface area contributed by atoms with E-state index in [1.807, 2.05) is 6.20 Å². The summed E-state index contributed by atoms with van der Waals surface area (Å²) in [7, 11) is 0. The molecule has 1 aliphatic heterocycles. The number of aryl methyl sites for hydroxylation is 2. The lowest BCUT2D eigenvalue weighted by molar-refractivity contribution is 0.609. The third-order valence-corrected chi connectivity index (χ3v) is 8.34. The Morgan fingerprint density at radius 3 is 2.40 bits per heavy atom. The van der Waals surface area contributed by atoms with Crippen molar-refractivity contribution < 1.29 is 0 Å². The summed E-state index contributed by atoms with van der Waals surface area (Å²) in [5.74, 6) is 2.92. The molecule has 1 saturated heterocycles. The summed E-state index contributed by atoms with van der Waals surface area (Å²) < 4.78 is 0. The molecule has 2 aliphatic carbocycles. The van der Waals surface area contributed by atoms with Crippen LogP contribution in [0.15, 0.2) is 48.7 Å². The van der Waals surface area contributed by atoms with Gasteiger partial charge in [0.25, 0.3) is 0 Å². The van der Waals surface area contributed by atoms with E-state index in [-0.39, 0.29) is 0 Å². The second-order valence-electron chi connectivity index (χ2n) is 10.6. The van der Waals surface area contributed by atoms with Crippen LogP contribution in [-0.4, -0.2) is 26.5 Å². The van der Waals surface area contributed by atoms with Crippen LogP contribution in [0.4, 0.5) is 0 Å². The Morgan fingerprint density at radius 1 is 0.743 bits per heavy atom. The van der Waals surface area contributed by atoms with Crippen molar-refractivity contribution in [2.24, 2.45) is 0 Å². The van der Waals surface area contributed by atoms with Crippen LogP contribution in [0, 0.1) is 0 Å². The van der Waals surface area contributed by atoms with Gasteiger partial charge in [-0.25, -0.2) is 9.97 Å². The van der Waals surface area contributed by atoms with E-state index in [4.69, 9.17) is 4.98 Å². The molecule has 3 N–H and O–H groups in total. The lowest BCUT2D eigenvalue weighted by Gasteiger charge is -2.11. The molecule has 0 unspecified atom stereocenters. The number of benzene rings is 2. The maximum Gasteiger partial charge on any atom is 0.123 e. The molecule has 5 nitrogen and oxygen atoms in total. The highest BCUT2D eigenvalue weighted by atomic mass is 15.0. The van der Waals surface area contributed by atoms with Crippen molar-refractivity contribution in [2.45, 2.75) is 69.7 Å². The van der Waals surface area contributed by atoms with E-state index in [1.54, 1.807) is 0 Å². The third-order valence-electron chi connectivity index (χ3n) is 8.34. The molecule has 2 aromatic carbocycles. The highest BCUT2D eigenvalue weighted by molar-refractivity contribution is 5.69. The standard InChI is InChI=1S/C30H33N5/c1-2-5-22(4-1)29-32-18-28(35-29)21-10-7-19(8-11-21)23-12-9-20-13-14-25-27(17-24(20)16-23)34-30(33-25)26-6-3-15-31-26/h7-12,16,18,22,26,31H,1-6,13-15,17H2,(H,32,35)(H,33,34)/t26-/m0/s1. The lowest BCUT2D eigenvalue weighted by atomic mass is 9.95. The number of rotatable bonds is 4. The molecule has 178 valence electrons. The molecule has 7 rings (SSSR count). The number of fused-ring (bicyclic) bond motifs is 2. The fourth-order valence-electron chi connectivity index (χ4n) is 6.29. The second kappa shape index (κ2) is 8.80. The molecule has 2 fully saturated rings. The van der Waals surface area contributed by atoms with E-state index < -0.39 is 0 Å². The normalized spacial score (nSPS) is 20.1. The van der Waals surface area contributed by atoms with E-state index in [1.165, 1.54) is 77.7 Å². The van der Waals surface area contributed by atoms with Gasteiger partial charge in [0.2, 0.25) is 0 Å². The molecule has 2 aromatic heterocycles. The van der Waals surface area contributed by atoms with Gasteiger partial charge in [0.05, 0.1) is 23.6 Å². The summed E-state index contributed by atoms with van der Waals surface area (Å²) in [6, 6.07) is 16.3. The molecule has 35 heavy (non-hydrogen) atoms. The number of hydrogen-bond donors (Lipinski definition) is 3. The van der Waals surface area contributed by atoms with Gasteiger partial charge in [-0.1, -0.05) is 55.3 Å². The molecule has 0 spiro atoms. The molecule has 0 amide bonds. The smallest absolute Gasteiger partial charge is 0.123 e. The van der Waals surface area contributed by atoms with Gasteiger partial charge < -0.3 is 15.3 Å². The first-order valence-electron chi connectivity index (χ1n) is 13.4. The van der Waals surface area contributed by atoms with Crippen LogP contribution in [-0.2, 0) is 19.3 Å². The molecule has 0 radical (unpaired) electrons. The monoisotopic (exact) mass is 463 g/mol. The molecule has 1 atom stereocenters. The van der Waals surface area contributed by atoms with E-state index in [9.17, 15) is 0 Å². The minimum Gasteiger partial charge on any atom is -0.344 e. The Kier molecular flexibility index (Phi) is 5.31. The van der Waals surface area contributed by atoms with Crippen LogP contribution in [0.25, 0.3) is 22.4 Å². The van der Waals surface area contributed by atoms with Gasteiger partial charge in [-0.05, 0) is 72.9 Å². The molecular formula is C30H33N5. The number of nitrogens with zero attached hydrogens (tertiary/aromatic N) is 2. The van der Waals surface area contributed by atoms with Gasteiger partial charge in [-0.2, -0.15) is 0 Å². The minimum atomic E-state index is 0.398. The van der Waals surface area contributed by atoms with Crippen molar-refractivity contribution in [2.75, 3.05) is 6.54 Å². The molecule has 3 heterocycles. The van der Waals surface area contributed by atoms with Crippen molar-refractivity contribution in [3.8, 4) is 22.4 Å². The molecule has 1 saturated carbocycles. The maximum absolute atomic E-state index is 5.00. The Morgan fingerprint density at radius 2 is 1.57 bits per heavy atom. The number of aromatic nitrogens is 4. The molecular weight excluding hydrogens is 430 g/mol. The fourth-order valence-corrected chi connectivity index (χ4v) is 6.29. The average Bonchev–Trinajstić information content (AvgIpc) is 3.70. The highest BCUT2D eigenvalue weighted by Gasteiger charge is 2.24. The molecule has 0 bridgehead atoms. The zero-order valence-electron chi connectivity index (χ0n) is 20.2. The predicted octanol–water partition coefficient (Wildman–Crippen LogP) is 6.24. The summed E-state index contributed by atoms with van der Waals surface area (Å²) in [6.07, 6.45) is 12.6. The topological polar surface area (TPSA) is 69.4 Å². The zero-order valence-corrected chi connectivity index (χ0v) is 20.2. The molecule has 3 aliphatic rings. The average molecular weight is 464 g/mol. The van der Waals surface area contributed by atoms with Crippen molar-refractivity contribution in [3.05, 3.63) is 82.8 Å². The van der Waals surface area contributed by atoms with Gasteiger partial charge in [0.1, 0.15) is 11.6 Å². The van der Waals surface area contributed by atoms with Crippen LogP contribution in [0.1, 0.15) is 84.6 Å². The van der Waals surface area contributed by atoms with Crippen LogP contribution in [0.3, 0.4) is 0 Å². The van der Waals surface area contributed by atoms with Gasteiger partial charge in [-0.3, -0.25) is 0 Å². The first-order valence-corrected chi connectivity index (χ1v) is 13.4. The van der Waals surface area contributed by atoms with Crippen LogP contribution in [0.2, 0.25) is 0 Å². The van der Waals surface area contributed by atoms with Gasteiger partial charge in [0.15, 0.2) is 0 Å². The van der Waals surface area contributed by atoms with Crippen molar-refractivity contribution in [1.29, 1.82) is 0 Å². The van der Waals surface area contributed by atoms with Crippen molar-refractivity contribution in [1.82, 2.24) is 25.3 Å². The Labute approximate surface area is 206 Å². The summed E-state index contributed by atoms with van der Waals surface area (Å²) in [5.41, 5.74) is 10.3. The van der Waals surface area contributed by atoms with E-state index >= 15 is 0 Å². The third kappa shape index (κ3) is 4.02. The van der Waals surface area contributed by atoms with E-state index in [0.717, 1.165) is 43.1 Å². The van der Waals surface area contributed by atoms with Crippen LogP contribution < -0.4 is 5.32 Å². The van der Waals surface area contributed by atoms with E-state index in [0.29, 0.717) is 12.0 Å². The Bertz CT molecular complexity index is 1330. The lowest BCUT2D eigenvalue weighted by Crippen LogP contribution is -2.14.